The van der Waals surface area contributed by atoms with E-state index in [-0.39, 0.29) is 18.1 Å². The van der Waals surface area contributed by atoms with Gasteiger partial charge < -0.3 is 9.47 Å². The van der Waals surface area contributed by atoms with E-state index in [9.17, 15) is 14.4 Å². The van der Waals surface area contributed by atoms with Gasteiger partial charge in [0.05, 0.1) is 11.5 Å². The van der Waals surface area contributed by atoms with Crippen LogP contribution < -0.4 is 4.74 Å². The van der Waals surface area contributed by atoms with Crippen molar-refractivity contribution in [3.05, 3.63) is 68.0 Å². The second-order valence-electron chi connectivity index (χ2n) is 6.90. The molecule has 0 radical (unpaired) electrons. The Labute approximate surface area is 204 Å². The van der Waals surface area contributed by atoms with E-state index in [2.05, 4.69) is 15.9 Å². The van der Waals surface area contributed by atoms with Crippen LogP contribution in [0.1, 0.15) is 30.9 Å². The zero-order chi connectivity index (χ0) is 23.1. The number of rotatable bonds is 9. The summed E-state index contributed by atoms with van der Waals surface area (Å²) in [6.45, 7) is 2.09. The molecule has 32 heavy (non-hydrogen) atoms. The summed E-state index contributed by atoms with van der Waals surface area (Å²) in [5.74, 6) is -0.614. The minimum Gasteiger partial charge on any atom is -0.488 e. The van der Waals surface area contributed by atoms with Crippen molar-refractivity contribution in [1.29, 1.82) is 0 Å². The molecule has 1 heterocycles. The Morgan fingerprint density at radius 3 is 2.75 bits per heavy atom. The molecule has 0 bridgehead atoms. The van der Waals surface area contributed by atoms with Crippen LogP contribution in [0, 0.1) is 0 Å². The van der Waals surface area contributed by atoms with Gasteiger partial charge in [0.25, 0.3) is 11.1 Å². The fraction of sp³-hybridized carbons (Fsp3) is 0.261. The number of ether oxygens (including phenoxy) is 2. The summed E-state index contributed by atoms with van der Waals surface area (Å²) >= 11 is 10.4. The van der Waals surface area contributed by atoms with Gasteiger partial charge in [0, 0.05) is 20.6 Å². The quantitative estimate of drug-likeness (QED) is 0.219. The molecule has 2 aromatic rings. The molecule has 0 saturated carbocycles. The summed E-state index contributed by atoms with van der Waals surface area (Å²) < 4.78 is 11.8. The Morgan fingerprint density at radius 1 is 1.22 bits per heavy atom. The van der Waals surface area contributed by atoms with Gasteiger partial charge in [0.15, 0.2) is 0 Å². The van der Waals surface area contributed by atoms with Crippen LogP contribution >= 0.6 is 39.3 Å². The van der Waals surface area contributed by atoms with Gasteiger partial charge in [-0.25, -0.2) is 0 Å². The number of unbranched alkanes of at least 4 members (excludes halogenated alkanes) is 1. The van der Waals surface area contributed by atoms with Crippen LogP contribution in [0.25, 0.3) is 6.08 Å². The van der Waals surface area contributed by atoms with E-state index in [0.29, 0.717) is 16.3 Å². The highest BCUT2D eigenvalue weighted by Crippen LogP contribution is 2.35. The maximum Gasteiger partial charge on any atom is 0.326 e. The average Bonchev–Trinajstić information content (AvgIpc) is 3.02. The van der Waals surface area contributed by atoms with E-state index in [1.807, 2.05) is 31.2 Å². The predicted molar refractivity (Wildman–Crippen MR) is 128 cm³/mol. The van der Waals surface area contributed by atoms with Crippen molar-refractivity contribution in [3.8, 4) is 5.75 Å². The summed E-state index contributed by atoms with van der Waals surface area (Å²) in [7, 11) is 0. The molecule has 3 rings (SSSR count). The number of carbonyl (C=O) groups excluding carboxylic acids is 3. The molecule has 0 atom stereocenters. The summed E-state index contributed by atoms with van der Waals surface area (Å²) in [5.41, 5.74) is 1.44. The van der Waals surface area contributed by atoms with Crippen LogP contribution in [0.5, 0.6) is 5.75 Å². The molecule has 2 aromatic carbocycles. The van der Waals surface area contributed by atoms with Crippen LogP contribution in [0.15, 0.2) is 51.8 Å². The minimum atomic E-state index is -0.604. The Morgan fingerprint density at radius 2 is 2.00 bits per heavy atom. The Hall–Kier alpha value is -2.29. The average molecular weight is 539 g/mol. The summed E-state index contributed by atoms with van der Waals surface area (Å²) in [6, 6.07) is 12.7. The van der Waals surface area contributed by atoms with Crippen LogP contribution in [0.2, 0.25) is 5.02 Å². The molecule has 2 amide bonds. The molecule has 9 heteroatoms. The van der Waals surface area contributed by atoms with Gasteiger partial charge in [-0.1, -0.05) is 59.1 Å². The molecule has 0 aromatic heterocycles. The third-order valence-electron chi connectivity index (χ3n) is 4.52. The van der Waals surface area contributed by atoms with Crippen LogP contribution in [-0.4, -0.2) is 35.2 Å². The van der Waals surface area contributed by atoms with Gasteiger partial charge in [0.2, 0.25) is 0 Å². The first-order chi connectivity index (χ1) is 15.4. The summed E-state index contributed by atoms with van der Waals surface area (Å²) in [6.07, 6.45) is 3.19. The maximum atomic E-state index is 12.7. The lowest BCUT2D eigenvalue weighted by Gasteiger charge is -2.12. The van der Waals surface area contributed by atoms with Gasteiger partial charge in [-0.15, -0.1) is 0 Å². The van der Waals surface area contributed by atoms with Crippen LogP contribution in [-0.2, 0) is 20.9 Å². The number of carbonyl (C=O) groups is 3. The number of benzene rings is 2. The maximum absolute atomic E-state index is 12.7. The molecule has 1 aliphatic heterocycles. The van der Waals surface area contributed by atoms with Crippen molar-refractivity contribution in [3.63, 3.8) is 0 Å². The largest absolute Gasteiger partial charge is 0.488 e. The number of imide groups is 1. The van der Waals surface area contributed by atoms with Gasteiger partial charge >= 0.3 is 5.97 Å². The molecule has 168 valence electrons. The molecule has 0 aliphatic carbocycles. The van der Waals surface area contributed by atoms with Crippen molar-refractivity contribution < 1.29 is 23.9 Å². The number of thioether (sulfide) groups is 1. The van der Waals surface area contributed by atoms with Gasteiger partial charge in [-0.3, -0.25) is 19.3 Å². The number of esters is 1. The van der Waals surface area contributed by atoms with Crippen molar-refractivity contribution >= 4 is 62.5 Å². The third-order valence-corrected chi connectivity index (χ3v) is 6.29. The molecule has 1 saturated heterocycles. The molecule has 1 fully saturated rings. The van der Waals surface area contributed by atoms with E-state index in [1.165, 1.54) is 0 Å². The zero-order valence-corrected chi connectivity index (χ0v) is 20.5. The smallest absolute Gasteiger partial charge is 0.326 e. The van der Waals surface area contributed by atoms with Crippen molar-refractivity contribution in [2.75, 3.05) is 13.2 Å². The number of hydrogen-bond donors (Lipinski definition) is 0. The second-order valence-corrected chi connectivity index (χ2v) is 9.22. The highest BCUT2D eigenvalue weighted by Gasteiger charge is 2.36. The monoisotopic (exact) mass is 537 g/mol. The molecule has 1 aliphatic rings. The van der Waals surface area contributed by atoms with Crippen LogP contribution in [0.4, 0.5) is 4.79 Å². The summed E-state index contributed by atoms with van der Waals surface area (Å²) in [5, 5.41) is 0.0836. The van der Waals surface area contributed by atoms with E-state index < -0.39 is 23.7 Å². The SMILES string of the molecule is CCCCOC(=O)CN1C(=O)S/C(=C/c2cc(Br)ccc2OCc2ccccc2Cl)C1=O. The first kappa shape index (κ1) is 24.4. The lowest BCUT2D eigenvalue weighted by atomic mass is 10.1. The fourth-order valence-electron chi connectivity index (χ4n) is 2.82. The molecule has 0 unspecified atom stereocenters. The Bertz CT molecular complexity index is 1060. The molecule has 6 nitrogen and oxygen atoms in total. The number of amides is 2. The molecule has 0 N–H and O–H groups in total. The minimum absolute atomic E-state index is 0.206. The van der Waals surface area contributed by atoms with E-state index in [1.54, 1.807) is 24.3 Å². The number of hydrogen-bond acceptors (Lipinski definition) is 6. The molecule has 0 spiro atoms. The number of halogens is 2. The van der Waals surface area contributed by atoms with E-state index in [0.717, 1.165) is 39.5 Å². The van der Waals surface area contributed by atoms with Gasteiger partial charge in [-0.2, -0.15) is 0 Å². The van der Waals surface area contributed by atoms with Gasteiger partial charge in [-0.05, 0) is 48.5 Å². The first-order valence-electron chi connectivity index (χ1n) is 9.95. The van der Waals surface area contributed by atoms with Crippen LogP contribution in [0.3, 0.4) is 0 Å². The highest BCUT2D eigenvalue weighted by molar-refractivity contribution is 9.10. The highest BCUT2D eigenvalue weighted by atomic mass is 79.9. The standard InChI is InChI=1S/C23H21BrClNO5S/c1-2-3-10-30-21(27)13-26-22(28)20(32-23(26)29)12-16-11-17(24)8-9-19(16)31-14-15-6-4-5-7-18(15)25/h4-9,11-12H,2-3,10,13-14H2,1H3/b20-12+. The zero-order valence-electron chi connectivity index (χ0n) is 17.3. The molecular weight excluding hydrogens is 518 g/mol. The van der Waals surface area contributed by atoms with E-state index >= 15 is 0 Å². The second kappa shape index (κ2) is 11.5. The Kier molecular flexibility index (Phi) is 8.78. The van der Waals surface area contributed by atoms with Crippen molar-refractivity contribution in [1.82, 2.24) is 4.90 Å². The molecular formula is C23H21BrClNO5S. The first-order valence-corrected chi connectivity index (χ1v) is 11.9. The third kappa shape index (κ3) is 6.37. The van der Waals surface area contributed by atoms with Gasteiger partial charge in [0.1, 0.15) is 18.9 Å². The number of nitrogens with zero attached hydrogens (tertiary/aromatic N) is 1. The fourth-order valence-corrected chi connectivity index (χ4v) is 4.22. The predicted octanol–water partition coefficient (Wildman–Crippen LogP) is 6.06. The summed E-state index contributed by atoms with van der Waals surface area (Å²) in [4.78, 5) is 38.1. The van der Waals surface area contributed by atoms with Crippen molar-refractivity contribution in [2.45, 2.75) is 26.4 Å². The van der Waals surface area contributed by atoms with E-state index in [4.69, 9.17) is 21.1 Å². The van der Waals surface area contributed by atoms with Crippen molar-refractivity contribution in [2.24, 2.45) is 0 Å². The topological polar surface area (TPSA) is 72.9 Å². The Balaban J connectivity index is 1.75. The lowest BCUT2D eigenvalue weighted by molar-refractivity contribution is -0.146. The normalized spacial score (nSPS) is 14.8. The lowest BCUT2D eigenvalue weighted by Crippen LogP contribution is -2.34.